The quantitative estimate of drug-likeness (QED) is 0.270. The smallest absolute Gasteiger partial charge is 0.108 e. The number of hydrogen-bond donors (Lipinski definition) is 0. The van der Waals surface area contributed by atoms with Crippen LogP contribution < -0.4 is 0 Å². The van der Waals surface area contributed by atoms with Crippen LogP contribution in [-0.2, 0) is 0 Å². The third-order valence-corrected chi connectivity index (χ3v) is 6.41. The molecule has 0 bridgehead atoms. The van der Waals surface area contributed by atoms with Gasteiger partial charge >= 0.3 is 0 Å². The Labute approximate surface area is 195 Å². The Bertz CT molecular complexity index is 1840. The summed E-state index contributed by atoms with van der Waals surface area (Å²) in [6.07, 6.45) is 5.47. The standard InChI is InChI=1S/C30H18N4/c1-2-8-20-19(7-1)14-15-24-29(20)23-9-3-4-12-26(23)34-30(24)28-18-32-27(17-33-28)22-10-5-13-25-21(22)11-6-16-31-25/h1-18H. The van der Waals surface area contributed by atoms with E-state index in [9.17, 15) is 0 Å². The van der Waals surface area contributed by atoms with Crippen LogP contribution in [0.1, 0.15) is 0 Å². The van der Waals surface area contributed by atoms with Crippen molar-refractivity contribution >= 4 is 43.4 Å². The molecule has 0 amide bonds. The van der Waals surface area contributed by atoms with E-state index in [0.717, 1.165) is 49.8 Å². The fraction of sp³-hybridized carbons (Fsp3) is 0. The molecule has 0 saturated heterocycles. The van der Waals surface area contributed by atoms with E-state index in [2.05, 4.69) is 71.7 Å². The highest BCUT2D eigenvalue weighted by molar-refractivity contribution is 6.22. The monoisotopic (exact) mass is 434 g/mol. The van der Waals surface area contributed by atoms with Crippen molar-refractivity contribution in [3.05, 3.63) is 110 Å². The summed E-state index contributed by atoms with van der Waals surface area (Å²) in [5, 5.41) is 6.91. The second-order valence-corrected chi connectivity index (χ2v) is 8.35. The molecular weight excluding hydrogens is 416 g/mol. The van der Waals surface area contributed by atoms with Gasteiger partial charge in [0.15, 0.2) is 0 Å². The van der Waals surface area contributed by atoms with Crippen LogP contribution in [0.15, 0.2) is 110 Å². The zero-order valence-electron chi connectivity index (χ0n) is 18.2. The Hall–Kier alpha value is -4.70. The molecule has 0 aliphatic heterocycles. The number of pyridine rings is 2. The first kappa shape index (κ1) is 18.8. The average molecular weight is 435 g/mol. The predicted octanol–water partition coefficient (Wildman–Crippen LogP) is 7.21. The van der Waals surface area contributed by atoms with Crippen LogP contribution in [-0.4, -0.2) is 19.9 Å². The molecule has 0 aliphatic rings. The molecular formula is C30H18N4. The van der Waals surface area contributed by atoms with Gasteiger partial charge in [-0.05, 0) is 29.0 Å². The summed E-state index contributed by atoms with van der Waals surface area (Å²) in [6, 6.07) is 31.2. The Kier molecular flexibility index (Phi) is 4.11. The van der Waals surface area contributed by atoms with Crippen LogP contribution in [0.3, 0.4) is 0 Å². The normalized spacial score (nSPS) is 11.5. The molecule has 0 aliphatic carbocycles. The molecule has 0 N–H and O–H groups in total. The lowest BCUT2D eigenvalue weighted by Crippen LogP contribution is -1.95. The topological polar surface area (TPSA) is 51.6 Å². The Morgan fingerprint density at radius 1 is 0.471 bits per heavy atom. The molecule has 158 valence electrons. The molecule has 0 atom stereocenters. The van der Waals surface area contributed by atoms with Gasteiger partial charge in [0.05, 0.1) is 34.8 Å². The molecule has 4 aromatic carbocycles. The van der Waals surface area contributed by atoms with Gasteiger partial charge in [0.1, 0.15) is 5.69 Å². The van der Waals surface area contributed by atoms with Gasteiger partial charge in [0, 0.05) is 33.3 Å². The Morgan fingerprint density at radius 2 is 1.24 bits per heavy atom. The van der Waals surface area contributed by atoms with Gasteiger partial charge in [-0.3, -0.25) is 15.0 Å². The summed E-state index contributed by atoms with van der Waals surface area (Å²) in [7, 11) is 0. The van der Waals surface area contributed by atoms with Gasteiger partial charge < -0.3 is 0 Å². The van der Waals surface area contributed by atoms with Crippen molar-refractivity contribution in [2.24, 2.45) is 0 Å². The summed E-state index contributed by atoms with van der Waals surface area (Å²) in [4.78, 5) is 19.1. The van der Waals surface area contributed by atoms with E-state index >= 15 is 0 Å². The number of benzene rings is 4. The van der Waals surface area contributed by atoms with E-state index in [4.69, 9.17) is 15.0 Å². The molecule has 3 heterocycles. The number of hydrogen-bond acceptors (Lipinski definition) is 4. The molecule has 0 saturated carbocycles. The first-order valence-corrected chi connectivity index (χ1v) is 11.2. The lowest BCUT2D eigenvalue weighted by molar-refractivity contribution is 1.20. The summed E-state index contributed by atoms with van der Waals surface area (Å²) in [5.74, 6) is 0. The van der Waals surface area contributed by atoms with Gasteiger partial charge in [0.2, 0.25) is 0 Å². The first-order valence-electron chi connectivity index (χ1n) is 11.2. The third-order valence-electron chi connectivity index (χ3n) is 6.41. The number of nitrogens with zero attached hydrogens (tertiary/aromatic N) is 4. The summed E-state index contributed by atoms with van der Waals surface area (Å²) < 4.78 is 0. The van der Waals surface area contributed by atoms with Crippen molar-refractivity contribution in [2.75, 3.05) is 0 Å². The highest BCUT2D eigenvalue weighted by Crippen LogP contribution is 2.36. The minimum Gasteiger partial charge on any atom is -0.256 e. The molecule has 4 nitrogen and oxygen atoms in total. The van der Waals surface area contributed by atoms with Crippen LogP contribution in [0, 0.1) is 0 Å². The lowest BCUT2D eigenvalue weighted by atomic mass is 9.96. The van der Waals surface area contributed by atoms with Gasteiger partial charge in [-0.1, -0.05) is 72.8 Å². The minimum atomic E-state index is 0.758. The van der Waals surface area contributed by atoms with Gasteiger partial charge in [-0.15, -0.1) is 0 Å². The van der Waals surface area contributed by atoms with Crippen molar-refractivity contribution in [1.82, 2.24) is 19.9 Å². The predicted molar refractivity (Wildman–Crippen MR) is 139 cm³/mol. The highest BCUT2D eigenvalue weighted by atomic mass is 14.8. The number of aromatic nitrogens is 4. The van der Waals surface area contributed by atoms with Crippen molar-refractivity contribution in [3.8, 4) is 22.6 Å². The third kappa shape index (κ3) is 2.86. The van der Waals surface area contributed by atoms with Crippen LogP contribution in [0.2, 0.25) is 0 Å². The van der Waals surface area contributed by atoms with E-state index in [1.807, 2.05) is 36.7 Å². The second kappa shape index (κ2) is 7.42. The molecule has 7 aromatic rings. The maximum atomic E-state index is 5.02. The molecule has 0 unspecified atom stereocenters. The summed E-state index contributed by atoms with van der Waals surface area (Å²) in [5.41, 5.74) is 5.34. The van der Waals surface area contributed by atoms with E-state index in [-0.39, 0.29) is 0 Å². The molecule has 0 fully saturated rings. The number of rotatable bonds is 2. The zero-order chi connectivity index (χ0) is 22.5. The van der Waals surface area contributed by atoms with Gasteiger partial charge in [-0.25, -0.2) is 4.98 Å². The van der Waals surface area contributed by atoms with E-state index in [0.29, 0.717) is 0 Å². The summed E-state index contributed by atoms with van der Waals surface area (Å²) in [6.45, 7) is 0. The Morgan fingerprint density at radius 3 is 2.15 bits per heavy atom. The minimum absolute atomic E-state index is 0.758. The largest absolute Gasteiger partial charge is 0.256 e. The highest BCUT2D eigenvalue weighted by Gasteiger charge is 2.14. The molecule has 0 spiro atoms. The van der Waals surface area contributed by atoms with E-state index in [1.54, 1.807) is 6.20 Å². The van der Waals surface area contributed by atoms with Gasteiger partial charge in [0.25, 0.3) is 0 Å². The SMILES string of the molecule is c1ccc2c(c1)ccc1c(-c3cnc(-c4cccc5ncccc45)cn3)nc3ccccc3c12. The maximum Gasteiger partial charge on any atom is 0.108 e. The van der Waals surface area contributed by atoms with Crippen LogP contribution in [0.25, 0.3) is 66.0 Å². The van der Waals surface area contributed by atoms with E-state index in [1.165, 1.54) is 16.2 Å². The molecule has 4 heteroatoms. The van der Waals surface area contributed by atoms with E-state index < -0.39 is 0 Å². The zero-order valence-corrected chi connectivity index (χ0v) is 18.2. The van der Waals surface area contributed by atoms with Crippen molar-refractivity contribution in [2.45, 2.75) is 0 Å². The first-order chi connectivity index (χ1) is 16.9. The molecule has 7 rings (SSSR count). The molecule has 0 radical (unpaired) electrons. The van der Waals surface area contributed by atoms with Crippen LogP contribution in [0.4, 0.5) is 0 Å². The fourth-order valence-electron chi connectivity index (χ4n) is 4.83. The maximum absolute atomic E-state index is 5.02. The Balaban J connectivity index is 1.46. The molecule has 3 aromatic heterocycles. The molecule has 34 heavy (non-hydrogen) atoms. The van der Waals surface area contributed by atoms with Crippen molar-refractivity contribution in [3.63, 3.8) is 0 Å². The van der Waals surface area contributed by atoms with Crippen LogP contribution >= 0.6 is 0 Å². The summed E-state index contributed by atoms with van der Waals surface area (Å²) >= 11 is 0. The van der Waals surface area contributed by atoms with Crippen molar-refractivity contribution in [1.29, 1.82) is 0 Å². The van der Waals surface area contributed by atoms with Crippen molar-refractivity contribution < 1.29 is 0 Å². The fourth-order valence-corrected chi connectivity index (χ4v) is 4.83. The average Bonchev–Trinajstić information content (AvgIpc) is 2.92. The number of fused-ring (bicyclic) bond motifs is 6. The van der Waals surface area contributed by atoms with Crippen LogP contribution in [0.5, 0.6) is 0 Å². The second-order valence-electron chi connectivity index (χ2n) is 8.35. The van der Waals surface area contributed by atoms with Gasteiger partial charge in [-0.2, -0.15) is 0 Å². The number of para-hydroxylation sites is 1. The lowest BCUT2D eigenvalue weighted by Gasteiger charge is -2.12.